The Hall–Kier alpha value is -2.48. The van der Waals surface area contributed by atoms with Gasteiger partial charge in [0, 0.05) is 17.7 Å². The van der Waals surface area contributed by atoms with Gasteiger partial charge in [-0.25, -0.2) is 4.39 Å². The average molecular weight is 315 g/mol. The van der Waals surface area contributed by atoms with E-state index in [4.69, 9.17) is 0 Å². The summed E-state index contributed by atoms with van der Waals surface area (Å²) in [7, 11) is 0. The molecule has 0 radical (unpaired) electrons. The van der Waals surface area contributed by atoms with Crippen molar-refractivity contribution in [1.29, 1.82) is 0 Å². The van der Waals surface area contributed by atoms with Gasteiger partial charge in [-0.2, -0.15) is 13.2 Å². The molecule has 2 aromatic carbocycles. The molecule has 0 saturated heterocycles. The lowest BCUT2D eigenvalue weighted by Gasteiger charge is -2.31. The summed E-state index contributed by atoms with van der Waals surface area (Å²) in [5.74, 6) is -0.771. The van der Waals surface area contributed by atoms with E-state index < -0.39 is 39.3 Å². The van der Waals surface area contributed by atoms with Gasteiger partial charge >= 0.3 is 6.18 Å². The van der Waals surface area contributed by atoms with Crippen LogP contribution in [0.4, 0.5) is 23.2 Å². The van der Waals surface area contributed by atoms with Gasteiger partial charge < -0.3 is 5.11 Å². The van der Waals surface area contributed by atoms with E-state index in [0.29, 0.717) is 6.07 Å². The Morgan fingerprint density at radius 1 is 1.00 bits per heavy atom. The zero-order chi connectivity index (χ0) is 16.5. The van der Waals surface area contributed by atoms with Crippen LogP contribution in [0.15, 0.2) is 48.5 Å². The number of aliphatic hydroxyl groups is 1. The van der Waals surface area contributed by atoms with Crippen LogP contribution in [0.2, 0.25) is 0 Å². The largest absolute Gasteiger partial charge is 0.425 e. The summed E-state index contributed by atoms with van der Waals surface area (Å²) >= 11 is 0. The highest BCUT2D eigenvalue weighted by Gasteiger charge is 2.56. The number of halogens is 4. The Bertz CT molecular complexity index is 700. The SMILES string of the molecule is O=[N+]([O-])c1cccc(C(O)(c2ccc(F)cc2)C(F)(F)F)c1. The summed E-state index contributed by atoms with van der Waals surface area (Å²) in [6.45, 7) is 0. The van der Waals surface area contributed by atoms with Gasteiger partial charge in [0.15, 0.2) is 0 Å². The van der Waals surface area contributed by atoms with E-state index in [1.165, 1.54) is 0 Å². The van der Waals surface area contributed by atoms with Crippen LogP contribution < -0.4 is 0 Å². The molecule has 2 rings (SSSR count). The van der Waals surface area contributed by atoms with Gasteiger partial charge in [-0.05, 0) is 17.7 Å². The standard InChI is InChI=1S/C14H9F4NO3/c15-11-6-4-9(5-7-11)13(20,14(16,17)18)10-2-1-3-12(8-10)19(21)22/h1-8,20H. The molecule has 0 fully saturated rings. The fraction of sp³-hybridized carbons (Fsp3) is 0.143. The molecule has 1 unspecified atom stereocenters. The molecule has 4 nitrogen and oxygen atoms in total. The van der Waals surface area contributed by atoms with Crippen LogP contribution >= 0.6 is 0 Å². The van der Waals surface area contributed by atoms with Crippen molar-refractivity contribution in [3.8, 4) is 0 Å². The minimum atomic E-state index is -5.15. The average Bonchev–Trinajstić information content (AvgIpc) is 2.46. The summed E-state index contributed by atoms with van der Waals surface area (Å²) in [5.41, 5.74) is -5.43. The lowest BCUT2D eigenvalue weighted by atomic mass is 9.85. The summed E-state index contributed by atoms with van der Waals surface area (Å²) in [6, 6.07) is 6.69. The van der Waals surface area contributed by atoms with E-state index in [1.54, 1.807) is 0 Å². The second kappa shape index (κ2) is 5.38. The van der Waals surface area contributed by atoms with E-state index in [9.17, 15) is 32.8 Å². The van der Waals surface area contributed by atoms with E-state index in [-0.39, 0.29) is 0 Å². The first kappa shape index (κ1) is 15.9. The molecule has 0 heterocycles. The Morgan fingerprint density at radius 3 is 2.09 bits per heavy atom. The molecule has 0 aliphatic rings. The fourth-order valence-electron chi connectivity index (χ4n) is 2.03. The molecule has 0 aliphatic heterocycles. The van der Waals surface area contributed by atoms with E-state index in [1.807, 2.05) is 0 Å². The predicted molar refractivity (Wildman–Crippen MR) is 68.6 cm³/mol. The second-order valence-electron chi connectivity index (χ2n) is 4.52. The number of nitrogens with zero attached hydrogens (tertiary/aromatic N) is 1. The highest BCUT2D eigenvalue weighted by molar-refractivity contribution is 5.44. The number of non-ortho nitro benzene ring substituents is 1. The monoisotopic (exact) mass is 315 g/mol. The van der Waals surface area contributed by atoms with Crippen LogP contribution in [-0.2, 0) is 5.60 Å². The maximum Gasteiger partial charge on any atom is 0.425 e. The topological polar surface area (TPSA) is 63.4 Å². The third-order valence-electron chi connectivity index (χ3n) is 3.15. The number of alkyl halides is 3. The molecule has 8 heteroatoms. The molecule has 0 saturated carbocycles. The smallest absolute Gasteiger partial charge is 0.372 e. The Morgan fingerprint density at radius 2 is 1.59 bits per heavy atom. The van der Waals surface area contributed by atoms with Gasteiger partial charge in [0.25, 0.3) is 5.69 Å². The summed E-state index contributed by atoms with van der Waals surface area (Å²) in [6.07, 6.45) is -5.15. The van der Waals surface area contributed by atoms with Crippen LogP contribution in [0, 0.1) is 15.9 Å². The molecule has 0 aliphatic carbocycles. The highest BCUT2D eigenvalue weighted by Crippen LogP contribution is 2.44. The van der Waals surface area contributed by atoms with Crippen molar-refractivity contribution in [3.63, 3.8) is 0 Å². The molecule has 0 amide bonds. The zero-order valence-electron chi connectivity index (χ0n) is 10.8. The number of hydrogen-bond acceptors (Lipinski definition) is 3. The Kier molecular flexibility index (Phi) is 3.89. The van der Waals surface area contributed by atoms with Gasteiger partial charge in [-0.3, -0.25) is 10.1 Å². The van der Waals surface area contributed by atoms with Gasteiger partial charge in [0.05, 0.1) is 4.92 Å². The molecule has 0 aromatic heterocycles. The Balaban J connectivity index is 2.67. The summed E-state index contributed by atoms with van der Waals surface area (Å²) < 4.78 is 53.1. The van der Waals surface area contributed by atoms with Crippen LogP contribution in [0.5, 0.6) is 0 Å². The molecule has 2 aromatic rings. The normalized spacial score (nSPS) is 14.4. The minimum Gasteiger partial charge on any atom is -0.372 e. The van der Waals surface area contributed by atoms with Crippen molar-refractivity contribution in [2.24, 2.45) is 0 Å². The molecule has 1 N–H and O–H groups in total. The van der Waals surface area contributed by atoms with Crippen molar-refractivity contribution in [2.75, 3.05) is 0 Å². The fourth-order valence-corrected chi connectivity index (χ4v) is 2.03. The summed E-state index contributed by atoms with van der Waals surface area (Å²) in [4.78, 5) is 9.83. The third-order valence-corrected chi connectivity index (χ3v) is 3.15. The third kappa shape index (κ3) is 2.64. The number of rotatable bonds is 3. The second-order valence-corrected chi connectivity index (χ2v) is 4.52. The maximum atomic E-state index is 13.4. The van der Waals surface area contributed by atoms with Crippen LogP contribution in [0.1, 0.15) is 11.1 Å². The first-order valence-electron chi connectivity index (χ1n) is 5.96. The predicted octanol–water partition coefficient (Wildman–Crippen LogP) is 3.53. The van der Waals surface area contributed by atoms with Gasteiger partial charge in [0.2, 0.25) is 5.60 Å². The van der Waals surface area contributed by atoms with E-state index >= 15 is 0 Å². The van der Waals surface area contributed by atoms with Crippen LogP contribution in [-0.4, -0.2) is 16.2 Å². The van der Waals surface area contributed by atoms with Crippen molar-refractivity contribution in [3.05, 3.63) is 75.6 Å². The van der Waals surface area contributed by atoms with Crippen LogP contribution in [0.25, 0.3) is 0 Å². The quantitative estimate of drug-likeness (QED) is 0.535. The maximum absolute atomic E-state index is 13.4. The highest BCUT2D eigenvalue weighted by atomic mass is 19.4. The molecular formula is C14H9F4NO3. The van der Waals surface area contributed by atoms with Gasteiger partial charge in [0.1, 0.15) is 5.82 Å². The molecule has 0 spiro atoms. The molecule has 0 bridgehead atoms. The van der Waals surface area contributed by atoms with Crippen molar-refractivity contribution in [2.45, 2.75) is 11.8 Å². The molecule has 116 valence electrons. The minimum absolute atomic E-state index is 0.595. The number of nitro groups is 1. The van der Waals surface area contributed by atoms with Crippen molar-refractivity contribution in [1.82, 2.24) is 0 Å². The van der Waals surface area contributed by atoms with E-state index in [2.05, 4.69) is 0 Å². The number of benzene rings is 2. The van der Waals surface area contributed by atoms with Crippen LogP contribution in [0.3, 0.4) is 0 Å². The first-order chi connectivity index (χ1) is 10.2. The van der Waals surface area contributed by atoms with E-state index in [0.717, 1.165) is 42.5 Å². The lowest BCUT2D eigenvalue weighted by molar-refractivity contribution is -0.385. The molecule has 1 atom stereocenters. The number of nitro benzene ring substituents is 1. The van der Waals surface area contributed by atoms with Crippen molar-refractivity contribution >= 4 is 5.69 Å². The lowest BCUT2D eigenvalue weighted by Crippen LogP contribution is -2.43. The molecule has 22 heavy (non-hydrogen) atoms. The first-order valence-corrected chi connectivity index (χ1v) is 5.96. The molecular weight excluding hydrogens is 306 g/mol. The zero-order valence-corrected chi connectivity index (χ0v) is 10.8. The van der Waals surface area contributed by atoms with Crippen molar-refractivity contribution < 1.29 is 27.6 Å². The summed E-state index contributed by atoms with van der Waals surface area (Å²) in [5, 5.41) is 20.9. The number of hydrogen-bond donors (Lipinski definition) is 1. The Labute approximate surface area is 121 Å². The van der Waals surface area contributed by atoms with Gasteiger partial charge in [-0.1, -0.05) is 24.3 Å². The van der Waals surface area contributed by atoms with Gasteiger partial charge in [-0.15, -0.1) is 0 Å².